The Balaban J connectivity index is -0.000000659. The van der Waals surface area contributed by atoms with Gasteiger partial charge in [-0.1, -0.05) is 76.8 Å². The summed E-state index contributed by atoms with van der Waals surface area (Å²) < 4.78 is 26.0. The van der Waals surface area contributed by atoms with Gasteiger partial charge in [0.2, 0.25) is 0 Å². The Morgan fingerprint density at radius 3 is 1.71 bits per heavy atom. The van der Waals surface area contributed by atoms with E-state index in [1.165, 1.54) is 12.1 Å². The lowest BCUT2D eigenvalue weighted by molar-refractivity contribution is 0.0175. The van der Waals surface area contributed by atoms with Gasteiger partial charge in [0, 0.05) is 19.6 Å². The molecule has 3 heteroatoms. The summed E-state index contributed by atoms with van der Waals surface area (Å²) in [6, 6.07) is 6.30. The molecule has 0 aromatic heterocycles. The summed E-state index contributed by atoms with van der Waals surface area (Å²) >= 11 is 0. The SMILES string of the molecule is C=C/C(C)=C(C)\C=C/c1ccc(C(C)(F)F)cc1.CC.CC.CO. The van der Waals surface area contributed by atoms with Crippen molar-refractivity contribution < 1.29 is 13.9 Å². The molecular weight excluding hydrogens is 306 g/mol. The molecule has 0 saturated heterocycles. The molecule has 1 rings (SSSR count). The molecule has 24 heavy (non-hydrogen) atoms. The van der Waals surface area contributed by atoms with Crippen molar-refractivity contribution in [3.63, 3.8) is 0 Å². The number of alkyl halides is 2. The average Bonchev–Trinajstić information content (AvgIpc) is 2.63. The van der Waals surface area contributed by atoms with E-state index >= 15 is 0 Å². The molecule has 1 nitrogen and oxygen atoms in total. The highest BCUT2D eigenvalue weighted by Gasteiger charge is 2.23. The van der Waals surface area contributed by atoms with Crippen LogP contribution in [0.15, 0.2) is 54.1 Å². The van der Waals surface area contributed by atoms with Gasteiger partial charge in [0.05, 0.1) is 0 Å². The van der Waals surface area contributed by atoms with Gasteiger partial charge in [-0.25, -0.2) is 8.78 Å². The maximum absolute atomic E-state index is 13.0. The maximum atomic E-state index is 13.0. The molecule has 0 unspecified atom stereocenters. The van der Waals surface area contributed by atoms with Crippen LogP contribution in [0.5, 0.6) is 0 Å². The summed E-state index contributed by atoms with van der Waals surface area (Å²) in [5, 5.41) is 7.00. The third kappa shape index (κ3) is 11.8. The topological polar surface area (TPSA) is 20.2 Å². The van der Waals surface area contributed by atoms with Crippen molar-refractivity contribution in [2.45, 2.75) is 54.4 Å². The van der Waals surface area contributed by atoms with Crippen LogP contribution in [-0.4, -0.2) is 12.2 Å². The van der Waals surface area contributed by atoms with Crippen LogP contribution in [0.3, 0.4) is 0 Å². The summed E-state index contributed by atoms with van der Waals surface area (Å²) in [6.07, 6.45) is 5.65. The summed E-state index contributed by atoms with van der Waals surface area (Å²) in [5.41, 5.74) is 3.14. The maximum Gasteiger partial charge on any atom is 0.270 e. The lowest BCUT2D eigenvalue weighted by Crippen LogP contribution is -2.06. The first-order valence-electron chi connectivity index (χ1n) is 8.25. The minimum atomic E-state index is -2.78. The fourth-order valence-corrected chi connectivity index (χ4v) is 1.40. The smallest absolute Gasteiger partial charge is 0.270 e. The lowest BCUT2D eigenvalue weighted by Gasteiger charge is -2.10. The zero-order chi connectivity index (χ0) is 19.8. The predicted molar refractivity (Wildman–Crippen MR) is 104 cm³/mol. The van der Waals surface area contributed by atoms with Gasteiger partial charge in [-0.15, -0.1) is 0 Å². The van der Waals surface area contributed by atoms with Gasteiger partial charge in [0.15, 0.2) is 0 Å². The first kappa shape index (κ1) is 27.1. The second kappa shape index (κ2) is 16.1. The number of benzene rings is 1. The fraction of sp³-hybridized carbons (Fsp3) is 0.429. The molecule has 0 fully saturated rings. The standard InChI is InChI=1S/C16H18F2.2C2H6.CH4O/c1-5-12(2)13(3)6-7-14-8-10-15(11-9-14)16(4,17)18;3*1-2/h5-11H,1H2,2-4H3;2*1-2H3;2H,1H3/b7-6-,13-12-;;;. The number of aliphatic hydroxyl groups excluding tert-OH is 1. The summed E-state index contributed by atoms with van der Waals surface area (Å²) in [4.78, 5) is 0. The molecule has 0 spiro atoms. The second-order valence-corrected chi connectivity index (χ2v) is 4.41. The van der Waals surface area contributed by atoms with Crippen LogP contribution in [0.4, 0.5) is 8.78 Å². The number of hydrogen-bond donors (Lipinski definition) is 1. The van der Waals surface area contributed by atoms with Gasteiger partial charge >= 0.3 is 0 Å². The van der Waals surface area contributed by atoms with Crippen LogP contribution in [-0.2, 0) is 5.92 Å². The van der Waals surface area contributed by atoms with Crippen molar-refractivity contribution in [3.05, 3.63) is 65.3 Å². The summed E-state index contributed by atoms with van der Waals surface area (Å²) in [5.74, 6) is -2.78. The molecule has 0 saturated carbocycles. The quantitative estimate of drug-likeness (QED) is 0.585. The largest absolute Gasteiger partial charge is 0.400 e. The third-order valence-corrected chi connectivity index (χ3v) is 2.87. The lowest BCUT2D eigenvalue weighted by atomic mass is 10.1. The monoisotopic (exact) mass is 340 g/mol. The van der Waals surface area contributed by atoms with E-state index in [-0.39, 0.29) is 5.56 Å². The molecule has 138 valence electrons. The number of aliphatic hydroxyl groups is 1. The Morgan fingerprint density at radius 2 is 1.38 bits per heavy atom. The molecule has 1 aromatic carbocycles. The Kier molecular flexibility index (Phi) is 18.2. The van der Waals surface area contributed by atoms with E-state index in [4.69, 9.17) is 5.11 Å². The molecular formula is C21H34F2O. The molecule has 0 heterocycles. The normalized spacial score (nSPS) is 11.0. The summed E-state index contributed by atoms with van der Waals surface area (Å²) in [7, 11) is 1.00. The van der Waals surface area contributed by atoms with Crippen LogP contribution < -0.4 is 0 Å². The highest BCUT2D eigenvalue weighted by Crippen LogP contribution is 2.27. The zero-order valence-electron chi connectivity index (χ0n) is 16.5. The molecule has 0 atom stereocenters. The van der Waals surface area contributed by atoms with E-state index in [0.29, 0.717) is 0 Å². The van der Waals surface area contributed by atoms with E-state index in [1.807, 2.05) is 53.7 Å². The molecule has 0 aliphatic carbocycles. The fourth-order valence-electron chi connectivity index (χ4n) is 1.40. The van der Waals surface area contributed by atoms with Crippen LogP contribution in [0, 0.1) is 0 Å². The molecule has 1 N–H and O–H groups in total. The molecule has 1 aromatic rings. The highest BCUT2D eigenvalue weighted by atomic mass is 19.3. The van der Waals surface area contributed by atoms with E-state index < -0.39 is 5.92 Å². The summed E-state index contributed by atoms with van der Waals surface area (Å²) in [6.45, 7) is 16.6. The van der Waals surface area contributed by atoms with E-state index in [0.717, 1.165) is 30.7 Å². The van der Waals surface area contributed by atoms with Crippen molar-refractivity contribution in [2.75, 3.05) is 7.11 Å². The van der Waals surface area contributed by atoms with Crippen molar-refractivity contribution in [3.8, 4) is 0 Å². The van der Waals surface area contributed by atoms with Crippen molar-refractivity contribution >= 4 is 6.08 Å². The van der Waals surface area contributed by atoms with Crippen molar-refractivity contribution in [1.82, 2.24) is 0 Å². The molecule has 0 radical (unpaired) electrons. The Bertz CT molecular complexity index is 478. The molecule has 0 aliphatic rings. The van der Waals surface area contributed by atoms with E-state index in [9.17, 15) is 8.78 Å². The minimum absolute atomic E-state index is 0.0363. The number of rotatable bonds is 4. The average molecular weight is 340 g/mol. The van der Waals surface area contributed by atoms with Crippen molar-refractivity contribution in [1.29, 1.82) is 0 Å². The Hall–Kier alpha value is -1.74. The van der Waals surface area contributed by atoms with Gasteiger partial charge in [0.1, 0.15) is 0 Å². The van der Waals surface area contributed by atoms with E-state index in [1.54, 1.807) is 18.2 Å². The minimum Gasteiger partial charge on any atom is -0.400 e. The number of allylic oxidation sites excluding steroid dienone is 4. The first-order chi connectivity index (χ1) is 11.3. The van der Waals surface area contributed by atoms with Gasteiger partial charge in [-0.3, -0.25) is 0 Å². The zero-order valence-corrected chi connectivity index (χ0v) is 16.5. The van der Waals surface area contributed by atoms with Gasteiger partial charge < -0.3 is 5.11 Å². The van der Waals surface area contributed by atoms with Gasteiger partial charge in [-0.05, 0) is 30.6 Å². The number of hydrogen-bond acceptors (Lipinski definition) is 1. The first-order valence-corrected chi connectivity index (χ1v) is 8.25. The van der Waals surface area contributed by atoms with Crippen molar-refractivity contribution in [2.24, 2.45) is 0 Å². The van der Waals surface area contributed by atoms with Crippen LogP contribution >= 0.6 is 0 Å². The molecule has 0 amide bonds. The van der Waals surface area contributed by atoms with Gasteiger partial charge in [-0.2, -0.15) is 0 Å². The third-order valence-electron chi connectivity index (χ3n) is 2.87. The predicted octanol–water partition coefficient (Wildman–Crippen LogP) is 6.99. The second-order valence-electron chi connectivity index (χ2n) is 4.41. The van der Waals surface area contributed by atoms with Gasteiger partial charge in [0.25, 0.3) is 5.92 Å². The Morgan fingerprint density at radius 1 is 0.958 bits per heavy atom. The van der Waals surface area contributed by atoms with Crippen LogP contribution in [0.1, 0.15) is 59.6 Å². The molecule has 0 aliphatic heterocycles. The Labute approximate surface area is 147 Å². The van der Waals surface area contributed by atoms with Crippen LogP contribution in [0.25, 0.3) is 6.08 Å². The van der Waals surface area contributed by atoms with Crippen LogP contribution in [0.2, 0.25) is 0 Å². The molecule has 0 bridgehead atoms. The highest BCUT2D eigenvalue weighted by molar-refractivity contribution is 5.54. The number of halogens is 2. The van der Waals surface area contributed by atoms with E-state index in [2.05, 4.69) is 6.58 Å².